The maximum atomic E-state index is 13.4. The van der Waals surface area contributed by atoms with Gasteiger partial charge in [-0.3, -0.25) is 4.79 Å². The lowest BCUT2D eigenvalue weighted by Gasteiger charge is -2.34. The van der Waals surface area contributed by atoms with E-state index in [1.165, 1.54) is 4.31 Å². The number of piperidine rings is 1. The largest absolute Gasteiger partial charge is 0.497 e. The Bertz CT molecular complexity index is 1090. The smallest absolute Gasteiger partial charge is 0.243 e. The van der Waals surface area contributed by atoms with Crippen molar-refractivity contribution in [2.75, 3.05) is 20.2 Å². The second-order valence-electron chi connectivity index (χ2n) is 10.5. The summed E-state index contributed by atoms with van der Waals surface area (Å²) in [5.74, 6) is 0.827. The van der Waals surface area contributed by atoms with E-state index < -0.39 is 10.0 Å². The Kier molecular flexibility index (Phi) is 7.06. The number of hydrogen-bond acceptors (Lipinski definition) is 4. The quantitative estimate of drug-likeness (QED) is 0.577. The molecule has 4 rings (SSSR count). The monoisotopic (exact) mass is 484 g/mol. The van der Waals surface area contributed by atoms with Gasteiger partial charge in [-0.2, -0.15) is 4.31 Å². The second-order valence-corrected chi connectivity index (χ2v) is 12.4. The fraction of sp³-hybridized carbons (Fsp3) is 0.519. The van der Waals surface area contributed by atoms with Gasteiger partial charge in [0.05, 0.1) is 12.0 Å². The van der Waals surface area contributed by atoms with Crippen LogP contribution in [0.25, 0.3) is 0 Å². The molecule has 2 aromatic rings. The minimum absolute atomic E-state index is 0.0275. The van der Waals surface area contributed by atoms with Crippen LogP contribution in [0.4, 0.5) is 0 Å². The predicted octanol–water partition coefficient (Wildman–Crippen LogP) is 4.58. The molecule has 2 fully saturated rings. The molecule has 184 valence electrons. The first kappa shape index (κ1) is 24.7. The van der Waals surface area contributed by atoms with Gasteiger partial charge in [0, 0.05) is 31.6 Å². The summed E-state index contributed by atoms with van der Waals surface area (Å²) in [6.07, 6.45) is 3.20. The molecule has 0 radical (unpaired) electrons. The highest BCUT2D eigenvalue weighted by Gasteiger charge is 2.38. The second kappa shape index (κ2) is 9.70. The molecule has 1 saturated heterocycles. The third-order valence-electron chi connectivity index (χ3n) is 6.94. The molecule has 1 heterocycles. The number of nitrogens with zero attached hydrogens (tertiary/aromatic N) is 2. The highest BCUT2D eigenvalue weighted by atomic mass is 32.2. The van der Waals surface area contributed by atoms with Crippen molar-refractivity contribution in [2.45, 2.75) is 69.4 Å². The lowest BCUT2D eigenvalue weighted by atomic mass is 9.87. The SMILES string of the molecule is COc1ccc(CN(C(=O)C2CCN(S(=O)(=O)c3ccc(C(C)(C)C)cc3)CC2)C2CC2)cc1. The van der Waals surface area contributed by atoms with E-state index in [0.717, 1.165) is 29.7 Å². The molecule has 0 bridgehead atoms. The minimum atomic E-state index is -3.56. The van der Waals surface area contributed by atoms with Gasteiger partial charge in [0.25, 0.3) is 0 Å². The Balaban J connectivity index is 1.39. The number of amides is 1. The van der Waals surface area contributed by atoms with Gasteiger partial charge >= 0.3 is 0 Å². The first-order chi connectivity index (χ1) is 16.1. The number of hydrogen-bond donors (Lipinski definition) is 0. The van der Waals surface area contributed by atoms with Crippen LogP contribution in [-0.2, 0) is 26.8 Å². The van der Waals surface area contributed by atoms with Crippen molar-refractivity contribution in [3.8, 4) is 5.75 Å². The molecule has 0 aromatic heterocycles. The number of carbonyl (C=O) groups excluding carboxylic acids is 1. The lowest BCUT2D eigenvalue weighted by Crippen LogP contribution is -2.44. The van der Waals surface area contributed by atoms with Crippen LogP contribution in [0.5, 0.6) is 5.75 Å². The first-order valence-corrected chi connectivity index (χ1v) is 13.6. The van der Waals surface area contributed by atoms with Crippen LogP contribution in [-0.4, -0.2) is 49.8 Å². The van der Waals surface area contributed by atoms with Crippen molar-refractivity contribution in [1.82, 2.24) is 9.21 Å². The fourth-order valence-corrected chi connectivity index (χ4v) is 6.02. The van der Waals surface area contributed by atoms with Crippen LogP contribution in [0.1, 0.15) is 57.6 Å². The van der Waals surface area contributed by atoms with Crippen molar-refractivity contribution >= 4 is 15.9 Å². The summed E-state index contributed by atoms with van der Waals surface area (Å²) < 4.78 is 33.1. The van der Waals surface area contributed by atoms with E-state index >= 15 is 0 Å². The van der Waals surface area contributed by atoms with Gasteiger partial charge in [-0.15, -0.1) is 0 Å². The summed E-state index contributed by atoms with van der Waals surface area (Å²) >= 11 is 0. The molecule has 0 spiro atoms. The van der Waals surface area contributed by atoms with Crippen molar-refractivity contribution in [3.63, 3.8) is 0 Å². The standard InChI is InChI=1S/C27H36N2O4S/c1-27(2,3)22-7-13-25(14-8-22)34(31,32)28-17-15-21(16-18-28)26(30)29(23-9-10-23)19-20-5-11-24(33-4)12-6-20/h5-8,11-14,21,23H,9-10,15-19H2,1-4H3. The van der Waals surface area contributed by atoms with E-state index in [4.69, 9.17) is 4.74 Å². The van der Waals surface area contributed by atoms with Gasteiger partial charge in [-0.1, -0.05) is 45.0 Å². The molecule has 0 unspecified atom stereocenters. The zero-order chi connectivity index (χ0) is 24.5. The van der Waals surface area contributed by atoms with Crippen molar-refractivity contribution in [1.29, 1.82) is 0 Å². The molecule has 6 nitrogen and oxygen atoms in total. The predicted molar refractivity (Wildman–Crippen MR) is 133 cm³/mol. The molecule has 1 saturated carbocycles. The van der Waals surface area contributed by atoms with Gasteiger partial charge in [-0.25, -0.2) is 8.42 Å². The molecular formula is C27H36N2O4S. The number of benzene rings is 2. The third kappa shape index (κ3) is 5.47. The van der Waals surface area contributed by atoms with Crippen molar-refractivity contribution in [3.05, 3.63) is 59.7 Å². The third-order valence-corrected chi connectivity index (χ3v) is 8.86. The number of rotatable bonds is 7. The minimum Gasteiger partial charge on any atom is -0.497 e. The summed E-state index contributed by atoms with van der Waals surface area (Å²) in [4.78, 5) is 15.7. The normalized spacial score (nSPS) is 18.0. The molecular weight excluding hydrogens is 448 g/mol. The van der Waals surface area contributed by atoms with E-state index in [2.05, 4.69) is 20.8 Å². The Labute approximate surface area is 204 Å². The maximum Gasteiger partial charge on any atom is 0.243 e. The summed E-state index contributed by atoms with van der Waals surface area (Å²) in [5, 5.41) is 0. The van der Waals surface area contributed by atoms with Gasteiger partial charge < -0.3 is 9.64 Å². The Hall–Kier alpha value is -2.38. The topological polar surface area (TPSA) is 66.9 Å². The highest BCUT2D eigenvalue weighted by Crippen LogP contribution is 2.33. The van der Waals surface area contributed by atoms with E-state index in [-0.39, 0.29) is 17.2 Å². The van der Waals surface area contributed by atoms with Crippen LogP contribution < -0.4 is 4.74 Å². The number of ether oxygens (including phenoxy) is 1. The van der Waals surface area contributed by atoms with Gasteiger partial charge in [-0.05, 0) is 66.5 Å². The van der Waals surface area contributed by atoms with E-state index in [1.54, 1.807) is 19.2 Å². The number of carbonyl (C=O) groups is 1. The molecule has 1 aliphatic heterocycles. The lowest BCUT2D eigenvalue weighted by molar-refractivity contribution is -0.138. The average Bonchev–Trinajstić information content (AvgIpc) is 3.67. The molecule has 0 N–H and O–H groups in total. The maximum absolute atomic E-state index is 13.4. The molecule has 7 heteroatoms. The fourth-order valence-electron chi connectivity index (χ4n) is 4.55. The molecule has 2 aliphatic rings. The molecule has 0 atom stereocenters. The Morgan fingerprint density at radius 3 is 2.06 bits per heavy atom. The molecule has 1 amide bonds. The van der Waals surface area contributed by atoms with Crippen molar-refractivity contribution in [2.24, 2.45) is 5.92 Å². The van der Waals surface area contributed by atoms with Crippen molar-refractivity contribution < 1.29 is 17.9 Å². The Morgan fingerprint density at radius 2 is 1.56 bits per heavy atom. The zero-order valence-corrected chi connectivity index (χ0v) is 21.5. The molecule has 1 aliphatic carbocycles. The van der Waals surface area contributed by atoms with Crippen LogP contribution in [0.15, 0.2) is 53.4 Å². The van der Waals surface area contributed by atoms with Crippen LogP contribution in [0.3, 0.4) is 0 Å². The number of methoxy groups -OCH3 is 1. The summed E-state index contributed by atoms with van der Waals surface area (Å²) in [6.45, 7) is 7.67. The average molecular weight is 485 g/mol. The van der Waals surface area contributed by atoms with Crippen LogP contribution >= 0.6 is 0 Å². The zero-order valence-electron chi connectivity index (χ0n) is 20.7. The first-order valence-electron chi connectivity index (χ1n) is 12.1. The Morgan fingerprint density at radius 1 is 0.971 bits per heavy atom. The summed E-state index contributed by atoms with van der Waals surface area (Å²) in [7, 11) is -1.91. The van der Waals surface area contributed by atoms with E-state index in [9.17, 15) is 13.2 Å². The van der Waals surface area contributed by atoms with Gasteiger partial charge in [0.1, 0.15) is 5.75 Å². The van der Waals surface area contributed by atoms with E-state index in [0.29, 0.717) is 43.4 Å². The molecule has 2 aromatic carbocycles. The number of sulfonamides is 1. The van der Waals surface area contributed by atoms with Crippen LogP contribution in [0.2, 0.25) is 0 Å². The van der Waals surface area contributed by atoms with Gasteiger partial charge in [0.2, 0.25) is 15.9 Å². The summed E-state index contributed by atoms with van der Waals surface area (Å²) in [6, 6.07) is 15.4. The van der Waals surface area contributed by atoms with E-state index in [1.807, 2.05) is 41.3 Å². The molecule has 34 heavy (non-hydrogen) atoms. The summed E-state index contributed by atoms with van der Waals surface area (Å²) in [5.41, 5.74) is 2.16. The highest BCUT2D eigenvalue weighted by molar-refractivity contribution is 7.89. The van der Waals surface area contributed by atoms with Crippen LogP contribution in [0, 0.1) is 5.92 Å². The van der Waals surface area contributed by atoms with Gasteiger partial charge in [0.15, 0.2) is 0 Å².